The van der Waals surface area contributed by atoms with Crippen LogP contribution in [0.5, 0.6) is 0 Å². The van der Waals surface area contributed by atoms with E-state index in [0.29, 0.717) is 6.10 Å². The summed E-state index contributed by atoms with van der Waals surface area (Å²) in [6, 6.07) is 0. The molecule has 2 aliphatic heterocycles. The van der Waals surface area contributed by atoms with Gasteiger partial charge in [0.15, 0.2) is 12.1 Å². The normalized spacial score (nSPS) is 42.2. The van der Waals surface area contributed by atoms with Crippen molar-refractivity contribution in [3.8, 4) is 0 Å². The second-order valence-corrected chi connectivity index (χ2v) is 4.32. The Morgan fingerprint density at radius 1 is 1.31 bits per heavy atom. The summed E-state index contributed by atoms with van der Waals surface area (Å²) < 4.78 is 17.0. The Morgan fingerprint density at radius 2 is 2.08 bits per heavy atom. The predicted octanol–water partition coefficient (Wildman–Crippen LogP) is 2.05. The molecule has 2 heterocycles. The van der Waals surface area contributed by atoms with E-state index in [9.17, 15) is 0 Å². The Hall–Kier alpha value is -0.120. The number of hydrogen-bond acceptors (Lipinski definition) is 3. The van der Waals surface area contributed by atoms with Gasteiger partial charge in [-0.2, -0.15) is 0 Å². The smallest absolute Gasteiger partial charge is 0.187 e. The minimum atomic E-state index is -0.452. The molecule has 0 amide bonds. The molecule has 0 aromatic rings. The zero-order chi connectivity index (χ0) is 9.47. The molecule has 0 bridgehead atoms. The van der Waals surface area contributed by atoms with Crippen molar-refractivity contribution in [1.29, 1.82) is 0 Å². The van der Waals surface area contributed by atoms with E-state index in [-0.39, 0.29) is 12.4 Å². The lowest BCUT2D eigenvalue weighted by atomic mass is 10.1. The third-order valence-corrected chi connectivity index (χ3v) is 2.57. The highest BCUT2D eigenvalue weighted by atomic mass is 16.8. The van der Waals surface area contributed by atoms with Crippen LogP contribution in [0.25, 0.3) is 0 Å². The van der Waals surface area contributed by atoms with Crippen LogP contribution in [0, 0.1) is 0 Å². The second-order valence-electron chi connectivity index (χ2n) is 4.32. The van der Waals surface area contributed by atoms with Gasteiger partial charge in [-0.25, -0.2) is 0 Å². The van der Waals surface area contributed by atoms with Gasteiger partial charge in [0.2, 0.25) is 0 Å². The summed E-state index contributed by atoms with van der Waals surface area (Å²) in [5.74, 6) is -0.452. The molecule has 2 rings (SSSR count). The molecular weight excluding hydrogens is 168 g/mol. The van der Waals surface area contributed by atoms with Crippen molar-refractivity contribution in [2.24, 2.45) is 0 Å². The highest BCUT2D eigenvalue weighted by Gasteiger charge is 2.47. The fourth-order valence-corrected chi connectivity index (χ4v) is 2.09. The van der Waals surface area contributed by atoms with Gasteiger partial charge in [0.25, 0.3) is 0 Å². The summed E-state index contributed by atoms with van der Waals surface area (Å²) in [6.07, 6.45) is 3.64. The molecule has 3 atom stereocenters. The SMILES string of the molecule is CCC[C@H]1CC2OC(C)(C)OC2O1. The number of fused-ring (bicyclic) bond motifs is 1. The largest absolute Gasteiger partial charge is 0.346 e. The fraction of sp³-hybridized carbons (Fsp3) is 1.00. The zero-order valence-electron chi connectivity index (χ0n) is 8.58. The van der Waals surface area contributed by atoms with Crippen molar-refractivity contribution in [3.63, 3.8) is 0 Å². The Morgan fingerprint density at radius 3 is 2.69 bits per heavy atom. The molecule has 2 unspecified atom stereocenters. The average Bonchev–Trinajstić information content (AvgIpc) is 2.41. The quantitative estimate of drug-likeness (QED) is 0.660. The first kappa shape index (κ1) is 9.44. The van der Waals surface area contributed by atoms with Crippen LogP contribution in [0.4, 0.5) is 0 Å². The standard InChI is InChI=1S/C10H18O3/c1-4-5-7-6-8-9(11-7)13-10(2,3)12-8/h7-9H,4-6H2,1-3H3/t7-,8?,9?/m0/s1. The predicted molar refractivity (Wildman–Crippen MR) is 48.2 cm³/mol. The van der Waals surface area contributed by atoms with Gasteiger partial charge in [-0.05, 0) is 20.3 Å². The Labute approximate surface area is 79.4 Å². The topological polar surface area (TPSA) is 27.7 Å². The lowest BCUT2D eigenvalue weighted by Crippen LogP contribution is -2.24. The molecule has 0 aliphatic carbocycles. The van der Waals surface area contributed by atoms with Gasteiger partial charge < -0.3 is 14.2 Å². The summed E-state index contributed by atoms with van der Waals surface area (Å²) in [5.41, 5.74) is 0. The van der Waals surface area contributed by atoms with Gasteiger partial charge in [-0.3, -0.25) is 0 Å². The van der Waals surface area contributed by atoms with Crippen LogP contribution in [0.2, 0.25) is 0 Å². The summed E-state index contributed by atoms with van der Waals surface area (Å²) in [5, 5.41) is 0. The maximum Gasteiger partial charge on any atom is 0.187 e. The third-order valence-electron chi connectivity index (χ3n) is 2.57. The maximum atomic E-state index is 5.71. The van der Waals surface area contributed by atoms with E-state index in [4.69, 9.17) is 14.2 Å². The molecule has 0 N–H and O–H groups in total. The number of ether oxygens (including phenoxy) is 3. The van der Waals surface area contributed by atoms with E-state index in [1.165, 1.54) is 0 Å². The van der Waals surface area contributed by atoms with Crippen LogP contribution in [0.15, 0.2) is 0 Å². The van der Waals surface area contributed by atoms with Gasteiger partial charge in [-0.15, -0.1) is 0 Å². The molecule has 0 aromatic carbocycles. The van der Waals surface area contributed by atoms with Gasteiger partial charge in [-0.1, -0.05) is 13.3 Å². The first-order valence-electron chi connectivity index (χ1n) is 5.12. The number of rotatable bonds is 2. The molecule has 13 heavy (non-hydrogen) atoms. The van der Waals surface area contributed by atoms with E-state index < -0.39 is 5.79 Å². The third kappa shape index (κ3) is 1.87. The van der Waals surface area contributed by atoms with Gasteiger partial charge >= 0.3 is 0 Å². The second kappa shape index (κ2) is 3.23. The van der Waals surface area contributed by atoms with Crippen LogP contribution < -0.4 is 0 Å². The molecule has 2 fully saturated rings. The van der Waals surface area contributed by atoms with Crippen molar-refractivity contribution >= 4 is 0 Å². The monoisotopic (exact) mass is 186 g/mol. The van der Waals surface area contributed by atoms with Crippen molar-refractivity contribution in [3.05, 3.63) is 0 Å². The minimum Gasteiger partial charge on any atom is -0.346 e. The first-order chi connectivity index (χ1) is 6.11. The Bertz CT molecular complexity index is 175. The first-order valence-corrected chi connectivity index (χ1v) is 5.12. The molecule has 3 heteroatoms. The number of hydrogen-bond donors (Lipinski definition) is 0. The molecular formula is C10H18O3. The zero-order valence-corrected chi connectivity index (χ0v) is 8.58. The van der Waals surface area contributed by atoms with Crippen LogP contribution in [-0.4, -0.2) is 24.3 Å². The average molecular weight is 186 g/mol. The van der Waals surface area contributed by atoms with Gasteiger partial charge in [0.1, 0.15) is 6.10 Å². The van der Waals surface area contributed by atoms with Crippen LogP contribution in [-0.2, 0) is 14.2 Å². The van der Waals surface area contributed by atoms with Crippen LogP contribution >= 0.6 is 0 Å². The lowest BCUT2D eigenvalue weighted by Gasteiger charge is -2.20. The highest BCUT2D eigenvalue weighted by Crippen LogP contribution is 2.37. The summed E-state index contributed by atoms with van der Waals surface area (Å²) in [7, 11) is 0. The molecule has 2 saturated heterocycles. The molecule has 2 aliphatic rings. The molecule has 0 spiro atoms. The van der Waals surface area contributed by atoms with Gasteiger partial charge in [0, 0.05) is 6.42 Å². The van der Waals surface area contributed by atoms with Crippen LogP contribution in [0.1, 0.15) is 40.0 Å². The van der Waals surface area contributed by atoms with Crippen molar-refractivity contribution in [1.82, 2.24) is 0 Å². The molecule has 3 nitrogen and oxygen atoms in total. The molecule has 0 radical (unpaired) electrons. The van der Waals surface area contributed by atoms with Crippen molar-refractivity contribution < 1.29 is 14.2 Å². The lowest BCUT2D eigenvalue weighted by molar-refractivity contribution is -0.205. The van der Waals surface area contributed by atoms with E-state index in [1.54, 1.807) is 0 Å². The minimum absolute atomic E-state index is 0.119. The van der Waals surface area contributed by atoms with E-state index >= 15 is 0 Å². The fourth-order valence-electron chi connectivity index (χ4n) is 2.09. The van der Waals surface area contributed by atoms with E-state index in [1.807, 2.05) is 13.8 Å². The van der Waals surface area contributed by atoms with Gasteiger partial charge in [0.05, 0.1) is 6.10 Å². The molecule has 0 aromatic heterocycles. The summed E-state index contributed by atoms with van der Waals surface area (Å²) in [6.45, 7) is 6.04. The summed E-state index contributed by atoms with van der Waals surface area (Å²) in [4.78, 5) is 0. The highest BCUT2D eigenvalue weighted by molar-refractivity contribution is 4.84. The Balaban J connectivity index is 1.90. The molecule has 76 valence electrons. The summed E-state index contributed by atoms with van der Waals surface area (Å²) >= 11 is 0. The van der Waals surface area contributed by atoms with E-state index in [0.717, 1.165) is 19.3 Å². The van der Waals surface area contributed by atoms with E-state index in [2.05, 4.69) is 6.92 Å². The van der Waals surface area contributed by atoms with Crippen molar-refractivity contribution in [2.45, 2.75) is 64.3 Å². The molecule has 0 saturated carbocycles. The maximum absolute atomic E-state index is 5.71. The van der Waals surface area contributed by atoms with Crippen molar-refractivity contribution in [2.75, 3.05) is 0 Å². The van der Waals surface area contributed by atoms with Crippen LogP contribution in [0.3, 0.4) is 0 Å². The Kier molecular flexibility index (Phi) is 2.34.